The average Bonchev–Trinajstić information content (AvgIpc) is 4.11. The highest BCUT2D eigenvalue weighted by molar-refractivity contribution is 7.90. The van der Waals surface area contributed by atoms with Crippen LogP contribution in [0.4, 0.5) is 30.6 Å². The summed E-state index contributed by atoms with van der Waals surface area (Å²) in [6.45, 7) is 7.49. The molecule has 3 aromatic heterocycles. The van der Waals surface area contributed by atoms with Crippen LogP contribution in [0.15, 0.2) is 63.5 Å². The summed E-state index contributed by atoms with van der Waals surface area (Å²) in [6, 6.07) is 4.32. The van der Waals surface area contributed by atoms with Crippen LogP contribution in [-0.2, 0) is 71.4 Å². The smallest absolute Gasteiger partial charge is 0.388 e. The second-order valence-electron chi connectivity index (χ2n) is 17.4. The van der Waals surface area contributed by atoms with E-state index in [1.54, 1.807) is 18.3 Å². The molecule has 0 radical (unpaired) electrons. The maximum Gasteiger partial charge on any atom is 0.388 e. The summed E-state index contributed by atoms with van der Waals surface area (Å²) in [5, 5.41) is 22.2. The molecule has 2 amide bonds. The highest BCUT2D eigenvalue weighted by Crippen LogP contribution is 2.41. The highest BCUT2D eigenvalue weighted by Gasteiger charge is 2.31. The van der Waals surface area contributed by atoms with Gasteiger partial charge in [0, 0.05) is 72.2 Å². The van der Waals surface area contributed by atoms with Crippen LogP contribution >= 0.6 is 0 Å². The number of rotatable bonds is 8. The molecule has 0 unspecified atom stereocenters. The standard InChI is InChI=1S/C19H23FN4O3S.C14H19N5O3S.C12H14FN/c1-11(2)24-10-9-16(22-24)28(26,27)23-19(25)21-18-14-7-3-5-12(14)17(20)13-6-4-8-15(13)18;1-11(2)19-10-7-13(15-19)23(21,22)16-14(20)18-8-5-12(6-9-18)17(3)4;13-11-7-3-1-5-9(7)12(14)10-6-2-4-8(10)11/h9-11H,3-8H2,1-2H3,(H2,21,23,25);5-11H,1-4H3;1-6,14H2. The minimum absolute atomic E-state index is 0.00201. The minimum atomic E-state index is -4.13. The Balaban J connectivity index is 0.000000153. The van der Waals surface area contributed by atoms with E-state index in [0.29, 0.717) is 42.5 Å². The van der Waals surface area contributed by atoms with E-state index in [0.717, 1.165) is 101 Å². The van der Waals surface area contributed by atoms with Crippen LogP contribution < -0.4 is 30.3 Å². The number of nitrogens with zero attached hydrogens (tertiary/aromatic N) is 7. The van der Waals surface area contributed by atoms with Gasteiger partial charge < -0.3 is 21.1 Å². The van der Waals surface area contributed by atoms with Crippen molar-refractivity contribution in [2.24, 2.45) is 4.40 Å². The van der Waals surface area contributed by atoms with Gasteiger partial charge in [0.25, 0.3) is 16.0 Å². The Hall–Kier alpha value is -5.89. The Morgan fingerprint density at radius 1 is 0.723 bits per heavy atom. The van der Waals surface area contributed by atoms with E-state index in [-0.39, 0.29) is 33.8 Å². The number of nitrogens with two attached hydrogens (primary N) is 1. The van der Waals surface area contributed by atoms with Crippen molar-refractivity contribution < 1.29 is 40.1 Å². The number of halogens is 2. The Morgan fingerprint density at radius 2 is 1.14 bits per heavy atom. The Bertz CT molecular complexity index is 2770. The van der Waals surface area contributed by atoms with Gasteiger partial charge in [0.15, 0.2) is 5.03 Å². The zero-order valence-electron chi connectivity index (χ0n) is 37.5. The van der Waals surface area contributed by atoms with E-state index < -0.39 is 32.1 Å². The number of fused-ring (bicyclic) bond motifs is 4. The van der Waals surface area contributed by atoms with Gasteiger partial charge in [-0.25, -0.2) is 22.9 Å². The minimum Gasteiger partial charge on any atom is -0.806 e. The molecular formula is C45H56F2N10O6S2. The number of amides is 2. The van der Waals surface area contributed by atoms with Crippen molar-refractivity contribution in [1.29, 1.82) is 0 Å². The van der Waals surface area contributed by atoms with Crippen LogP contribution in [-0.4, -0.2) is 62.5 Å². The van der Waals surface area contributed by atoms with E-state index in [1.807, 2.05) is 51.4 Å². The molecule has 20 heteroatoms. The topological polar surface area (TPSA) is 214 Å². The first-order chi connectivity index (χ1) is 30.8. The number of aromatic nitrogens is 5. The zero-order chi connectivity index (χ0) is 47.0. The fraction of sp³-hybridized carbons (Fsp3) is 0.444. The summed E-state index contributed by atoms with van der Waals surface area (Å²) < 4.78 is 87.4. The second kappa shape index (κ2) is 18.9. The summed E-state index contributed by atoms with van der Waals surface area (Å²) in [6.07, 6.45) is 16.2. The van der Waals surface area contributed by atoms with Gasteiger partial charge in [-0.2, -0.15) is 27.0 Å². The number of nitrogens with one attached hydrogen (secondary N) is 2. The number of carbonyl (C=O) groups is 1. The highest BCUT2D eigenvalue weighted by atomic mass is 32.2. The Labute approximate surface area is 378 Å². The number of anilines is 3. The number of carbonyl (C=O) groups excluding carboxylic acids is 1. The van der Waals surface area contributed by atoms with Crippen molar-refractivity contribution in [2.45, 2.75) is 127 Å². The summed E-state index contributed by atoms with van der Waals surface area (Å²) in [5.41, 5.74) is 15.5. The lowest BCUT2D eigenvalue weighted by Gasteiger charge is -2.17. The van der Waals surface area contributed by atoms with Gasteiger partial charge in [0.05, 0.1) is 12.4 Å². The molecule has 0 spiro atoms. The quantitative estimate of drug-likeness (QED) is 0.0796. The lowest BCUT2D eigenvalue weighted by molar-refractivity contribution is -0.613. The molecule has 0 bridgehead atoms. The summed E-state index contributed by atoms with van der Waals surface area (Å²) >= 11 is 0. The molecule has 4 aliphatic rings. The predicted molar refractivity (Wildman–Crippen MR) is 241 cm³/mol. The van der Waals surface area contributed by atoms with Gasteiger partial charge in [-0.3, -0.25) is 9.36 Å². The SMILES string of the molecule is CC(C)n1ccc(S(=O)(=O)N=C([O-])[n+]2ccc(N(C)C)cc2)n1.CC(C)n1ccc(S(=O)(=O)NC(=O)Nc2c3c(c(F)c4c2CCC4)CCC3)n1.Nc1c2c(c(F)c3c1CCC3)CCC2. The molecule has 9 rings (SSSR count). The molecule has 5 aromatic rings. The molecule has 0 fully saturated rings. The fourth-order valence-corrected chi connectivity index (χ4v) is 10.5. The molecule has 4 aliphatic carbocycles. The van der Waals surface area contributed by atoms with Crippen LogP contribution in [0.5, 0.6) is 0 Å². The number of benzene rings is 2. The van der Waals surface area contributed by atoms with Crippen molar-refractivity contribution in [2.75, 3.05) is 30.0 Å². The molecule has 0 aliphatic heterocycles. The fourth-order valence-electron chi connectivity index (χ4n) is 8.82. The van der Waals surface area contributed by atoms with E-state index in [4.69, 9.17) is 5.73 Å². The Kier molecular flexibility index (Phi) is 13.7. The first-order valence-electron chi connectivity index (χ1n) is 21.9. The molecule has 0 saturated carbocycles. The Morgan fingerprint density at radius 3 is 1.58 bits per heavy atom. The predicted octanol–water partition coefficient (Wildman–Crippen LogP) is 5.25. The third-order valence-electron chi connectivity index (χ3n) is 12.2. The number of nitrogen functional groups attached to an aromatic ring is 1. The normalized spacial score (nSPS) is 15.1. The lowest BCUT2D eigenvalue weighted by Crippen LogP contribution is -2.51. The van der Waals surface area contributed by atoms with Crippen LogP contribution in [0.3, 0.4) is 0 Å². The molecule has 348 valence electrons. The largest absolute Gasteiger partial charge is 0.806 e. The monoisotopic (exact) mass is 934 g/mol. The molecule has 65 heavy (non-hydrogen) atoms. The van der Waals surface area contributed by atoms with Gasteiger partial charge >= 0.3 is 16.1 Å². The first-order valence-corrected chi connectivity index (χ1v) is 24.8. The van der Waals surface area contributed by atoms with Crippen LogP contribution in [0, 0.1) is 11.6 Å². The maximum absolute atomic E-state index is 14.7. The third-order valence-corrected chi connectivity index (χ3v) is 14.5. The molecule has 0 atom stereocenters. The molecular weight excluding hydrogens is 879 g/mol. The van der Waals surface area contributed by atoms with Gasteiger partial charge in [0.2, 0.25) is 5.03 Å². The molecule has 16 nitrogen and oxygen atoms in total. The average molecular weight is 935 g/mol. The number of hydrogen-bond donors (Lipinski definition) is 3. The lowest BCUT2D eigenvalue weighted by atomic mass is 9.98. The van der Waals surface area contributed by atoms with Crippen LogP contribution in [0.1, 0.15) is 110 Å². The molecule has 3 heterocycles. The van der Waals surface area contributed by atoms with Crippen molar-refractivity contribution >= 4 is 49.2 Å². The number of pyridine rings is 1. The van der Waals surface area contributed by atoms with Gasteiger partial charge in [-0.1, -0.05) is 0 Å². The zero-order valence-corrected chi connectivity index (χ0v) is 39.1. The van der Waals surface area contributed by atoms with Crippen LogP contribution in [0.2, 0.25) is 0 Å². The van der Waals surface area contributed by atoms with Crippen molar-refractivity contribution in [3.63, 3.8) is 0 Å². The summed E-state index contributed by atoms with van der Waals surface area (Å²) in [7, 11) is -4.51. The first kappa shape index (κ1) is 47.1. The van der Waals surface area contributed by atoms with E-state index >= 15 is 0 Å². The van der Waals surface area contributed by atoms with Gasteiger partial charge in [-0.05, 0) is 161 Å². The van der Waals surface area contributed by atoms with Crippen molar-refractivity contribution in [3.05, 3.63) is 105 Å². The van der Waals surface area contributed by atoms with E-state index in [9.17, 15) is 35.5 Å². The van der Waals surface area contributed by atoms with Gasteiger partial charge in [-0.15, -0.1) is 0 Å². The molecule has 2 aromatic carbocycles. The molecule has 4 N–H and O–H groups in total. The van der Waals surface area contributed by atoms with E-state index in [2.05, 4.69) is 19.9 Å². The summed E-state index contributed by atoms with van der Waals surface area (Å²) in [5.74, 6) is -0.0722. The second-order valence-corrected chi connectivity index (χ2v) is 20.6. The molecule has 0 saturated heterocycles. The maximum atomic E-state index is 14.7. The number of sulfonamides is 2. The summed E-state index contributed by atoms with van der Waals surface area (Å²) in [4.78, 5) is 14.4. The number of hydrogen-bond acceptors (Lipinski definition) is 10. The van der Waals surface area contributed by atoms with Crippen molar-refractivity contribution in [1.82, 2.24) is 24.3 Å². The van der Waals surface area contributed by atoms with E-state index in [1.165, 1.54) is 40.1 Å². The van der Waals surface area contributed by atoms with Gasteiger partial charge in [0.1, 0.15) is 11.6 Å². The number of urea groups is 1. The third kappa shape index (κ3) is 9.88. The van der Waals surface area contributed by atoms with Crippen LogP contribution in [0.25, 0.3) is 0 Å². The van der Waals surface area contributed by atoms with Crippen molar-refractivity contribution in [3.8, 4) is 0 Å².